The molecular formula is C25H34ClN5O4. The Balaban J connectivity index is 1.91. The van der Waals surface area contributed by atoms with Crippen molar-refractivity contribution in [2.75, 3.05) is 52.4 Å². The fourth-order valence-electron chi connectivity index (χ4n) is 4.22. The standard InChI is InChI=1S/C25H34ClN5O4/c1-4-11-27-24(33)30-15-13-29(14-16-30)17-20-21(23(32)35-6-3)22(18-7-9-19(26)10-8-18)28-25(34)31(20)12-5-2/h5,7-10,22H,2,4,6,11-17H2,1,3H3,(H,27,33)(H,28,34). The molecule has 1 aromatic carbocycles. The predicted molar refractivity (Wildman–Crippen MR) is 135 cm³/mol. The minimum atomic E-state index is -0.670. The van der Waals surface area contributed by atoms with Crippen LogP contribution in [0.25, 0.3) is 0 Å². The smallest absolute Gasteiger partial charge is 0.338 e. The lowest BCUT2D eigenvalue weighted by molar-refractivity contribution is -0.139. The first-order valence-electron chi connectivity index (χ1n) is 12.0. The molecule has 1 atom stereocenters. The van der Waals surface area contributed by atoms with Gasteiger partial charge < -0.3 is 20.3 Å². The van der Waals surface area contributed by atoms with Crippen LogP contribution in [0.3, 0.4) is 0 Å². The quantitative estimate of drug-likeness (QED) is 0.399. The fraction of sp³-hybridized carbons (Fsp3) is 0.480. The van der Waals surface area contributed by atoms with Crippen LogP contribution in [-0.2, 0) is 9.53 Å². The molecule has 3 rings (SSSR count). The highest BCUT2D eigenvalue weighted by molar-refractivity contribution is 6.30. The molecule has 2 aliphatic rings. The van der Waals surface area contributed by atoms with Gasteiger partial charge in [0.2, 0.25) is 0 Å². The van der Waals surface area contributed by atoms with Crippen molar-refractivity contribution in [1.29, 1.82) is 0 Å². The van der Waals surface area contributed by atoms with Crippen LogP contribution in [0, 0.1) is 0 Å². The molecule has 0 aliphatic carbocycles. The highest BCUT2D eigenvalue weighted by Gasteiger charge is 2.38. The van der Waals surface area contributed by atoms with E-state index in [0.717, 1.165) is 12.0 Å². The van der Waals surface area contributed by atoms with Crippen LogP contribution in [0.1, 0.15) is 31.9 Å². The van der Waals surface area contributed by atoms with E-state index < -0.39 is 12.0 Å². The van der Waals surface area contributed by atoms with Crippen LogP contribution in [0.5, 0.6) is 0 Å². The summed E-state index contributed by atoms with van der Waals surface area (Å²) >= 11 is 6.06. The molecule has 2 aliphatic heterocycles. The summed E-state index contributed by atoms with van der Waals surface area (Å²) in [5.41, 5.74) is 1.70. The average Bonchev–Trinajstić information content (AvgIpc) is 2.85. The van der Waals surface area contributed by atoms with Crippen LogP contribution < -0.4 is 10.6 Å². The predicted octanol–water partition coefficient (Wildman–Crippen LogP) is 3.15. The largest absolute Gasteiger partial charge is 0.463 e. The molecule has 0 bridgehead atoms. The number of carbonyl (C=O) groups is 3. The van der Waals surface area contributed by atoms with E-state index in [0.29, 0.717) is 55.6 Å². The van der Waals surface area contributed by atoms with Crippen molar-refractivity contribution in [2.45, 2.75) is 26.3 Å². The van der Waals surface area contributed by atoms with Gasteiger partial charge in [-0.2, -0.15) is 0 Å². The second kappa shape index (κ2) is 12.6. The Morgan fingerprint density at radius 2 is 1.89 bits per heavy atom. The van der Waals surface area contributed by atoms with E-state index in [1.54, 1.807) is 42.2 Å². The lowest BCUT2D eigenvalue weighted by Crippen LogP contribution is -2.55. The number of rotatable bonds is 9. The SMILES string of the molecule is C=CCN1C(=O)NC(c2ccc(Cl)cc2)C(C(=O)OCC)=C1CN1CCN(C(=O)NCCC)CC1. The van der Waals surface area contributed by atoms with E-state index in [-0.39, 0.29) is 25.2 Å². The minimum absolute atomic E-state index is 0.0638. The molecule has 1 aromatic rings. The summed E-state index contributed by atoms with van der Waals surface area (Å²) < 4.78 is 5.42. The van der Waals surface area contributed by atoms with E-state index in [1.807, 2.05) is 6.92 Å². The minimum Gasteiger partial charge on any atom is -0.463 e. The molecule has 4 amide bonds. The van der Waals surface area contributed by atoms with E-state index in [9.17, 15) is 14.4 Å². The van der Waals surface area contributed by atoms with Gasteiger partial charge in [-0.1, -0.05) is 36.7 Å². The van der Waals surface area contributed by atoms with Gasteiger partial charge in [-0.25, -0.2) is 14.4 Å². The zero-order chi connectivity index (χ0) is 25.4. The van der Waals surface area contributed by atoms with Crippen LogP contribution >= 0.6 is 11.6 Å². The molecule has 2 N–H and O–H groups in total. The maximum atomic E-state index is 13.2. The molecule has 35 heavy (non-hydrogen) atoms. The average molecular weight is 504 g/mol. The Hall–Kier alpha value is -3.04. The zero-order valence-corrected chi connectivity index (χ0v) is 21.1. The number of nitrogens with one attached hydrogen (secondary N) is 2. The Bertz CT molecular complexity index is 957. The molecule has 0 spiro atoms. The summed E-state index contributed by atoms with van der Waals surface area (Å²) in [6.45, 7) is 11.4. The molecule has 190 valence electrons. The monoisotopic (exact) mass is 503 g/mol. The Morgan fingerprint density at radius 1 is 1.20 bits per heavy atom. The number of nitrogens with zero attached hydrogens (tertiary/aromatic N) is 3. The van der Waals surface area contributed by atoms with E-state index in [4.69, 9.17) is 16.3 Å². The summed E-state index contributed by atoms with van der Waals surface area (Å²) in [4.78, 5) is 44.1. The number of hydrogen-bond acceptors (Lipinski definition) is 5. The molecular weight excluding hydrogens is 470 g/mol. The Morgan fingerprint density at radius 3 is 2.49 bits per heavy atom. The summed E-state index contributed by atoms with van der Waals surface area (Å²) in [7, 11) is 0. The van der Waals surface area contributed by atoms with Crippen molar-refractivity contribution < 1.29 is 19.1 Å². The lowest BCUT2D eigenvalue weighted by Gasteiger charge is -2.40. The molecule has 10 heteroatoms. The molecule has 1 fully saturated rings. The van der Waals surface area contributed by atoms with Crippen molar-refractivity contribution in [3.05, 3.63) is 58.8 Å². The number of hydrogen-bond donors (Lipinski definition) is 2. The van der Waals surface area contributed by atoms with Crippen LogP contribution in [0.4, 0.5) is 9.59 Å². The number of amides is 4. The first-order chi connectivity index (χ1) is 16.9. The van der Waals surface area contributed by atoms with Crippen molar-refractivity contribution in [2.24, 2.45) is 0 Å². The molecule has 1 saturated heterocycles. The van der Waals surface area contributed by atoms with Crippen LogP contribution in [0.15, 0.2) is 48.2 Å². The van der Waals surface area contributed by atoms with Gasteiger partial charge in [0.1, 0.15) is 0 Å². The summed E-state index contributed by atoms with van der Waals surface area (Å²) in [5, 5.41) is 6.41. The van der Waals surface area contributed by atoms with Gasteiger partial charge in [-0.3, -0.25) is 9.80 Å². The number of benzene rings is 1. The maximum absolute atomic E-state index is 13.2. The number of esters is 1. The summed E-state index contributed by atoms with van der Waals surface area (Å²) in [6.07, 6.45) is 2.51. The number of piperazine rings is 1. The van der Waals surface area contributed by atoms with Gasteiger partial charge in [0, 0.05) is 56.5 Å². The molecule has 9 nitrogen and oxygen atoms in total. The first-order valence-corrected chi connectivity index (χ1v) is 12.4. The van der Waals surface area contributed by atoms with Gasteiger partial charge in [-0.05, 0) is 31.0 Å². The molecule has 1 unspecified atom stereocenters. The van der Waals surface area contributed by atoms with Crippen LogP contribution in [0.2, 0.25) is 5.02 Å². The number of halogens is 1. The van der Waals surface area contributed by atoms with Crippen molar-refractivity contribution in [1.82, 2.24) is 25.3 Å². The van der Waals surface area contributed by atoms with Gasteiger partial charge in [0.15, 0.2) is 0 Å². The summed E-state index contributed by atoms with van der Waals surface area (Å²) in [6, 6.07) is 5.99. The van der Waals surface area contributed by atoms with Gasteiger partial charge in [-0.15, -0.1) is 6.58 Å². The number of ether oxygens (including phenoxy) is 1. The third-order valence-electron chi connectivity index (χ3n) is 6.01. The topological polar surface area (TPSA) is 94.2 Å². The second-order valence-electron chi connectivity index (χ2n) is 8.41. The second-order valence-corrected chi connectivity index (χ2v) is 8.85. The van der Waals surface area contributed by atoms with Crippen molar-refractivity contribution in [3.8, 4) is 0 Å². The molecule has 2 heterocycles. The van der Waals surface area contributed by atoms with Crippen molar-refractivity contribution in [3.63, 3.8) is 0 Å². The third-order valence-corrected chi connectivity index (χ3v) is 6.26. The van der Waals surface area contributed by atoms with Crippen LogP contribution in [-0.4, -0.2) is 85.2 Å². The molecule has 0 radical (unpaired) electrons. The Kier molecular flexibility index (Phi) is 9.56. The number of carbonyl (C=O) groups excluding carboxylic acids is 3. The van der Waals surface area contributed by atoms with E-state index >= 15 is 0 Å². The normalized spacial score (nSPS) is 18.8. The van der Waals surface area contributed by atoms with Gasteiger partial charge in [0.25, 0.3) is 0 Å². The molecule has 0 saturated carbocycles. The fourth-order valence-corrected chi connectivity index (χ4v) is 4.34. The third kappa shape index (κ3) is 6.55. The first kappa shape index (κ1) is 26.6. The van der Waals surface area contributed by atoms with E-state index in [1.165, 1.54) is 4.90 Å². The maximum Gasteiger partial charge on any atom is 0.338 e. The number of urea groups is 2. The van der Waals surface area contributed by atoms with Gasteiger partial charge in [0.05, 0.1) is 18.2 Å². The zero-order valence-electron chi connectivity index (χ0n) is 20.4. The summed E-state index contributed by atoms with van der Waals surface area (Å²) in [5.74, 6) is -0.478. The Labute approximate surface area is 211 Å². The van der Waals surface area contributed by atoms with E-state index in [2.05, 4.69) is 22.1 Å². The highest BCUT2D eigenvalue weighted by Crippen LogP contribution is 2.32. The van der Waals surface area contributed by atoms with Crippen molar-refractivity contribution >= 4 is 29.6 Å². The molecule has 0 aromatic heterocycles. The lowest BCUT2D eigenvalue weighted by atomic mass is 9.94. The van der Waals surface area contributed by atoms with Gasteiger partial charge >= 0.3 is 18.0 Å². The highest BCUT2D eigenvalue weighted by atomic mass is 35.5.